The van der Waals surface area contributed by atoms with Crippen molar-refractivity contribution in [1.82, 2.24) is 19.9 Å². The van der Waals surface area contributed by atoms with Crippen molar-refractivity contribution in [2.45, 2.75) is 0 Å². The van der Waals surface area contributed by atoms with Gasteiger partial charge in [-0.2, -0.15) is 0 Å². The summed E-state index contributed by atoms with van der Waals surface area (Å²) in [6, 6.07) is 27.0. The number of aromatic nitrogens is 4. The van der Waals surface area contributed by atoms with Gasteiger partial charge in [0.1, 0.15) is 45.2 Å². The van der Waals surface area contributed by atoms with Crippen molar-refractivity contribution in [3.05, 3.63) is 128 Å². The van der Waals surface area contributed by atoms with E-state index in [4.69, 9.17) is 20.0 Å². The summed E-state index contributed by atoms with van der Waals surface area (Å²) in [6.45, 7) is 0. The lowest BCUT2D eigenvalue weighted by Crippen LogP contribution is -2.10. The minimum Gasteiger partial charge on any atom is -0.324 e. The summed E-state index contributed by atoms with van der Waals surface area (Å²) in [5, 5.41) is 14.0. The van der Waals surface area contributed by atoms with E-state index in [1.165, 1.54) is 0 Å². The van der Waals surface area contributed by atoms with Crippen LogP contribution in [0, 0.1) is 0 Å². The first-order valence-electron chi connectivity index (χ1n) is 14.2. The summed E-state index contributed by atoms with van der Waals surface area (Å²) in [4.78, 5) is 39.6. The molecule has 8 aromatic rings. The van der Waals surface area contributed by atoms with Crippen LogP contribution in [0.5, 0.6) is 0 Å². The fraction of sp³-hybridized carbons (Fsp3) is 0. The highest BCUT2D eigenvalue weighted by molar-refractivity contribution is 6.09. The molecule has 14 nitrogen and oxygen atoms in total. The maximum Gasteiger partial charge on any atom is 0.142 e. The van der Waals surface area contributed by atoms with Crippen LogP contribution in [0.2, 0.25) is 0 Å². The number of aromatic amines is 4. The van der Waals surface area contributed by atoms with Crippen molar-refractivity contribution in [1.29, 1.82) is 0 Å². The Bertz CT molecular complexity index is 2940. The van der Waals surface area contributed by atoms with E-state index in [9.17, 15) is 11.1 Å². The van der Waals surface area contributed by atoms with Gasteiger partial charge < -0.3 is 19.9 Å². The molecular formula is C32H18N14. The highest BCUT2D eigenvalue weighted by atomic mass is 15.2. The number of fused-ring (bicyclic) bond motifs is 20. The average molecular weight is 599 g/mol. The van der Waals surface area contributed by atoms with Gasteiger partial charge in [-0.15, -0.1) is 0 Å². The van der Waals surface area contributed by atoms with Gasteiger partial charge in [-0.25, -0.2) is 20.0 Å². The van der Waals surface area contributed by atoms with E-state index in [1.807, 2.05) is 72.8 Å². The van der Waals surface area contributed by atoms with Crippen LogP contribution in [-0.4, -0.2) is 19.9 Å². The number of benzene rings is 4. The molecule has 4 N–H and O–H groups in total. The molecule has 5 heterocycles. The Morgan fingerprint density at radius 2 is 0.848 bits per heavy atom. The van der Waals surface area contributed by atoms with Crippen molar-refractivity contribution in [3.63, 3.8) is 0 Å². The van der Waals surface area contributed by atoms with E-state index in [-0.39, 0.29) is 11.4 Å². The van der Waals surface area contributed by atoms with Gasteiger partial charge in [0.15, 0.2) is 0 Å². The van der Waals surface area contributed by atoms with Crippen molar-refractivity contribution in [2.75, 3.05) is 0 Å². The summed E-state index contributed by atoms with van der Waals surface area (Å²) in [5.74, 6) is 2.09. The van der Waals surface area contributed by atoms with Crippen LogP contribution < -0.4 is 22.0 Å². The molecule has 4 aromatic carbocycles. The number of azide groups is 2. The molecular weight excluding hydrogens is 580 g/mol. The Kier molecular flexibility index (Phi) is 5.34. The Hall–Kier alpha value is -7.14. The number of nitrogens with zero attached hydrogens (tertiary/aromatic N) is 10. The van der Waals surface area contributed by atoms with E-state index in [0.717, 1.165) is 32.3 Å². The highest BCUT2D eigenvalue weighted by Gasteiger charge is 2.18. The topological polar surface area (TPSA) is 210 Å². The third-order valence-corrected chi connectivity index (χ3v) is 8.10. The van der Waals surface area contributed by atoms with E-state index >= 15 is 0 Å². The number of rotatable bonds is 2. The zero-order valence-electron chi connectivity index (χ0n) is 23.6. The van der Waals surface area contributed by atoms with Gasteiger partial charge in [0.25, 0.3) is 0 Å². The molecule has 0 amide bonds. The third-order valence-electron chi connectivity index (χ3n) is 8.10. The second-order valence-electron chi connectivity index (χ2n) is 10.6. The lowest BCUT2D eigenvalue weighted by molar-refractivity contribution is 1.08. The van der Waals surface area contributed by atoms with Gasteiger partial charge in [0, 0.05) is 58.6 Å². The van der Waals surface area contributed by atoms with E-state index < -0.39 is 0 Å². The first-order valence-corrected chi connectivity index (χ1v) is 14.2. The Balaban J connectivity index is 1.52. The van der Waals surface area contributed by atoms with Gasteiger partial charge in [0.05, 0.1) is 5.69 Å². The van der Waals surface area contributed by atoms with Crippen LogP contribution in [0.4, 0.5) is 34.6 Å². The SMILES string of the molecule is [N-]=[N+]=Nc1ccc2c3[nH]c(c2c1N=[N+]=[N-])N=c1[nH]c(c2ccccc12)=Nc1[nH]c(c2ccccc12)N=c1[nH]c(c2ccccc12)=N3. The standard InChI is InChI=1S/C32H18N14/c33-45-43-22-14-13-21-23(24(22)44-46-34)32-41-30-20-12-6-5-11-19(20)28(39-30)37-26-16-8-2-1-7-15(16)25(35-26)36-27-17-9-3-4-10-18(17)29(38-27)40-31(21)42-32/h1-14H,(H4,35,36,37,38,39,40,41,42). The molecule has 0 saturated carbocycles. The number of H-pyrrole nitrogens is 4. The molecule has 0 saturated heterocycles. The molecule has 46 heavy (non-hydrogen) atoms. The number of nitrogens with one attached hydrogen (secondary N) is 4. The second-order valence-corrected chi connectivity index (χ2v) is 10.6. The molecule has 8 bridgehead atoms. The molecule has 1 aliphatic heterocycles. The summed E-state index contributed by atoms with van der Waals surface area (Å²) >= 11 is 0. The van der Waals surface area contributed by atoms with Crippen LogP contribution in [-0.2, 0) is 0 Å². The molecule has 216 valence electrons. The quantitative estimate of drug-likeness (QED) is 0.0859. The average Bonchev–Trinajstić information content (AvgIpc) is 3.81. The first-order chi connectivity index (χ1) is 22.7. The minimum atomic E-state index is 0.130. The zero-order chi connectivity index (χ0) is 30.8. The minimum absolute atomic E-state index is 0.130. The molecule has 0 fully saturated rings. The maximum atomic E-state index is 9.49. The fourth-order valence-electron chi connectivity index (χ4n) is 6.11. The second kappa shape index (κ2) is 9.69. The molecule has 0 aliphatic carbocycles. The third kappa shape index (κ3) is 3.72. The van der Waals surface area contributed by atoms with Crippen LogP contribution in [0.3, 0.4) is 0 Å². The fourth-order valence-corrected chi connectivity index (χ4v) is 6.11. The Morgan fingerprint density at radius 1 is 0.435 bits per heavy atom. The van der Waals surface area contributed by atoms with E-state index in [1.54, 1.807) is 12.1 Å². The highest BCUT2D eigenvalue weighted by Crippen LogP contribution is 2.45. The Morgan fingerprint density at radius 3 is 1.33 bits per heavy atom. The van der Waals surface area contributed by atoms with Crippen LogP contribution >= 0.6 is 0 Å². The van der Waals surface area contributed by atoms with Crippen LogP contribution in [0.25, 0.3) is 64.0 Å². The Labute approximate surface area is 255 Å². The van der Waals surface area contributed by atoms with E-state index in [2.05, 4.69) is 40.0 Å². The van der Waals surface area contributed by atoms with Gasteiger partial charge in [-0.05, 0) is 11.1 Å². The molecule has 9 rings (SSSR count). The predicted octanol–water partition coefficient (Wildman–Crippen LogP) is 7.61. The van der Waals surface area contributed by atoms with E-state index in [0.29, 0.717) is 56.0 Å². The summed E-state index contributed by atoms with van der Waals surface area (Å²) in [6.07, 6.45) is 0. The van der Waals surface area contributed by atoms with Crippen molar-refractivity contribution in [3.8, 4) is 0 Å². The maximum absolute atomic E-state index is 9.49. The van der Waals surface area contributed by atoms with Gasteiger partial charge >= 0.3 is 0 Å². The summed E-state index contributed by atoms with van der Waals surface area (Å²) < 4.78 is 0. The van der Waals surface area contributed by atoms with Gasteiger partial charge in [-0.1, -0.05) is 95.2 Å². The zero-order valence-corrected chi connectivity index (χ0v) is 23.6. The largest absolute Gasteiger partial charge is 0.324 e. The molecule has 4 aromatic heterocycles. The number of hydrogen-bond acceptors (Lipinski definition) is 6. The van der Waals surface area contributed by atoms with Gasteiger partial charge in [-0.3, -0.25) is 0 Å². The van der Waals surface area contributed by atoms with Crippen molar-refractivity contribution in [2.24, 2.45) is 30.2 Å². The van der Waals surface area contributed by atoms with Crippen LogP contribution in [0.15, 0.2) is 115 Å². The summed E-state index contributed by atoms with van der Waals surface area (Å²) in [5.41, 5.74) is 21.3. The van der Waals surface area contributed by atoms with Crippen molar-refractivity contribution >= 4 is 77.7 Å². The molecule has 0 atom stereocenters. The van der Waals surface area contributed by atoms with Crippen LogP contribution in [0.1, 0.15) is 0 Å². The number of hydrogen-bond donors (Lipinski definition) is 4. The van der Waals surface area contributed by atoms with Crippen molar-refractivity contribution < 1.29 is 0 Å². The van der Waals surface area contributed by atoms with Gasteiger partial charge in [0.2, 0.25) is 0 Å². The molecule has 1 aliphatic rings. The normalized spacial score (nSPS) is 12.2. The summed E-state index contributed by atoms with van der Waals surface area (Å²) in [7, 11) is 0. The first kappa shape index (κ1) is 25.4. The lowest BCUT2D eigenvalue weighted by atomic mass is 10.1. The molecule has 0 radical (unpaired) electrons. The molecule has 0 unspecified atom stereocenters. The lowest BCUT2D eigenvalue weighted by Gasteiger charge is -2.02. The predicted molar refractivity (Wildman–Crippen MR) is 174 cm³/mol. The molecule has 0 spiro atoms. The smallest absolute Gasteiger partial charge is 0.142 e. The monoisotopic (exact) mass is 598 g/mol. The molecule has 14 heteroatoms.